The van der Waals surface area contributed by atoms with Crippen LogP contribution in [0.5, 0.6) is 0 Å². The topological polar surface area (TPSA) is 21.3 Å². The van der Waals surface area contributed by atoms with E-state index in [9.17, 15) is 0 Å². The lowest BCUT2D eigenvalue weighted by Crippen LogP contribution is -2.37. The second-order valence-electron chi connectivity index (χ2n) is 5.57. The molecule has 1 saturated carbocycles. The van der Waals surface area contributed by atoms with Crippen molar-refractivity contribution in [3.63, 3.8) is 0 Å². The van der Waals surface area contributed by atoms with Gasteiger partial charge in [-0.05, 0) is 44.6 Å². The molecule has 2 heteroatoms. The highest BCUT2D eigenvalue weighted by atomic mass is 16.5. The van der Waals surface area contributed by atoms with Crippen LogP contribution in [0.2, 0.25) is 0 Å². The molecule has 2 fully saturated rings. The van der Waals surface area contributed by atoms with Gasteiger partial charge in [0.25, 0.3) is 0 Å². The Kier molecular flexibility index (Phi) is 5.11. The first kappa shape index (κ1) is 12.4. The van der Waals surface area contributed by atoms with Gasteiger partial charge in [0, 0.05) is 19.3 Å². The van der Waals surface area contributed by atoms with E-state index in [1.807, 2.05) is 0 Å². The van der Waals surface area contributed by atoms with Crippen LogP contribution in [-0.4, -0.2) is 26.3 Å². The molecule has 0 bridgehead atoms. The summed E-state index contributed by atoms with van der Waals surface area (Å²) in [4.78, 5) is 0. The van der Waals surface area contributed by atoms with Crippen LogP contribution in [0.15, 0.2) is 0 Å². The monoisotopic (exact) mass is 225 g/mol. The summed E-state index contributed by atoms with van der Waals surface area (Å²) in [6, 6.07) is 0.740. The van der Waals surface area contributed by atoms with Crippen LogP contribution >= 0.6 is 0 Å². The molecule has 1 saturated heterocycles. The molecule has 94 valence electrons. The summed E-state index contributed by atoms with van der Waals surface area (Å²) < 4.78 is 5.44. The van der Waals surface area contributed by atoms with Gasteiger partial charge in [0.1, 0.15) is 0 Å². The molecule has 0 aromatic rings. The SMILES string of the molecule is CNC(CCC1CCCC1)C1CCOCC1. The molecule has 1 heterocycles. The van der Waals surface area contributed by atoms with E-state index >= 15 is 0 Å². The predicted molar refractivity (Wildman–Crippen MR) is 67.6 cm³/mol. The summed E-state index contributed by atoms with van der Waals surface area (Å²) in [6.07, 6.45) is 11.3. The predicted octanol–water partition coefficient (Wildman–Crippen LogP) is 2.97. The summed E-state index contributed by atoms with van der Waals surface area (Å²) in [7, 11) is 2.13. The number of ether oxygens (including phenoxy) is 1. The minimum absolute atomic E-state index is 0.740. The molecule has 0 aromatic carbocycles. The molecule has 1 aliphatic carbocycles. The highest BCUT2D eigenvalue weighted by molar-refractivity contribution is 4.79. The molecule has 2 rings (SSSR count). The zero-order valence-electron chi connectivity index (χ0n) is 10.7. The Morgan fingerprint density at radius 3 is 2.44 bits per heavy atom. The number of hydrogen-bond donors (Lipinski definition) is 1. The molecule has 0 aromatic heterocycles. The molecule has 0 radical (unpaired) electrons. The second-order valence-corrected chi connectivity index (χ2v) is 5.57. The third-order valence-electron chi connectivity index (χ3n) is 4.57. The highest BCUT2D eigenvalue weighted by Crippen LogP contribution is 2.30. The fraction of sp³-hybridized carbons (Fsp3) is 1.00. The minimum Gasteiger partial charge on any atom is -0.381 e. The van der Waals surface area contributed by atoms with Crippen molar-refractivity contribution in [2.45, 2.75) is 57.4 Å². The van der Waals surface area contributed by atoms with Gasteiger partial charge in [-0.1, -0.05) is 25.7 Å². The first-order chi connectivity index (χ1) is 7.90. The smallest absolute Gasteiger partial charge is 0.0469 e. The third-order valence-corrected chi connectivity index (χ3v) is 4.57. The lowest BCUT2D eigenvalue weighted by Gasteiger charge is -2.30. The Morgan fingerprint density at radius 2 is 1.81 bits per heavy atom. The number of nitrogens with one attached hydrogen (secondary N) is 1. The molecule has 0 amide bonds. The zero-order valence-corrected chi connectivity index (χ0v) is 10.7. The van der Waals surface area contributed by atoms with Crippen LogP contribution < -0.4 is 5.32 Å². The summed E-state index contributed by atoms with van der Waals surface area (Å²) >= 11 is 0. The summed E-state index contributed by atoms with van der Waals surface area (Å²) in [6.45, 7) is 1.96. The van der Waals surface area contributed by atoms with Crippen LogP contribution in [0, 0.1) is 11.8 Å². The Morgan fingerprint density at radius 1 is 1.12 bits per heavy atom. The number of hydrogen-bond acceptors (Lipinski definition) is 2. The van der Waals surface area contributed by atoms with Gasteiger partial charge in [0.15, 0.2) is 0 Å². The largest absolute Gasteiger partial charge is 0.381 e. The van der Waals surface area contributed by atoms with Crippen molar-refractivity contribution < 1.29 is 4.74 Å². The molecular weight excluding hydrogens is 198 g/mol. The van der Waals surface area contributed by atoms with E-state index in [0.717, 1.165) is 31.1 Å². The Balaban J connectivity index is 1.70. The van der Waals surface area contributed by atoms with Crippen molar-refractivity contribution in [1.29, 1.82) is 0 Å². The van der Waals surface area contributed by atoms with Gasteiger partial charge in [-0.25, -0.2) is 0 Å². The lowest BCUT2D eigenvalue weighted by molar-refractivity contribution is 0.0528. The van der Waals surface area contributed by atoms with Crippen LogP contribution in [0.1, 0.15) is 51.4 Å². The Labute approximate surface area is 100 Å². The zero-order chi connectivity index (χ0) is 11.2. The fourth-order valence-electron chi connectivity index (χ4n) is 3.45. The van der Waals surface area contributed by atoms with Crippen LogP contribution in [0.25, 0.3) is 0 Å². The maximum Gasteiger partial charge on any atom is 0.0469 e. The van der Waals surface area contributed by atoms with Gasteiger partial charge in [-0.3, -0.25) is 0 Å². The molecule has 1 N–H and O–H groups in total. The molecule has 0 spiro atoms. The van der Waals surface area contributed by atoms with Gasteiger partial charge in [-0.15, -0.1) is 0 Å². The Bertz CT molecular complexity index is 183. The van der Waals surface area contributed by atoms with E-state index in [1.54, 1.807) is 0 Å². The molecule has 1 aliphatic heterocycles. The van der Waals surface area contributed by atoms with Crippen molar-refractivity contribution in [1.82, 2.24) is 5.32 Å². The molecule has 2 nitrogen and oxygen atoms in total. The van der Waals surface area contributed by atoms with Gasteiger partial charge in [-0.2, -0.15) is 0 Å². The number of rotatable bonds is 5. The molecule has 1 atom stereocenters. The van der Waals surface area contributed by atoms with E-state index in [1.165, 1.54) is 51.4 Å². The Hall–Kier alpha value is -0.0800. The van der Waals surface area contributed by atoms with Gasteiger partial charge >= 0.3 is 0 Å². The van der Waals surface area contributed by atoms with E-state index in [4.69, 9.17) is 4.74 Å². The lowest BCUT2D eigenvalue weighted by atomic mass is 9.86. The summed E-state index contributed by atoms with van der Waals surface area (Å²) in [5, 5.41) is 3.54. The first-order valence-electron chi connectivity index (χ1n) is 7.15. The van der Waals surface area contributed by atoms with Crippen molar-refractivity contribution in [2.24, 2.45) is 11.8 Å². The average molecular weight is 225 g/mol. The molecule has 2 aliphatic rings. The highest BCUT2D eigenvalue weighted by Gasteiger charge is 2.24. The molecule has 16 heavy (non-hydrogen) atoms. The minimum atomic E-state index is 0.740. The van der Waals surface area contributed by atoms with E-state index < -0.39 is 0 Å². The fourth-order valence-corrected chi connectivity index (χ4v) is 3.45. The van der Waals surface area contributed by atoms with Crippen molar-refractivity contribution in [2.75, 3.05) is 20.3 Å². The van der Waals surface area contributed by atoms with Crippen molar-refractivity contribution in [3.8, 4) is 0 Å². The summed E-state index contributed by atoms with van der Waals surface area (Å²) in [5.41, 5.74) is 0. The van der Waals surface area contributed by atoms with Crippen LogP contribution in [0.4, 0.5) is 0 Å². The summed E-state index contributed by atoms with van der Waals surface area (Å²) in [5.74, 6) is 1.90. The van der Waals surface area contributed by atoms with Crippen molar-refractivity contribution in [3.05, 3.63) is 0 Å². The van der Waals surface area contributed by atoms with Crippen LogP contribution in [-0.2, 0) is 4.74 Å². The van der Waals surface area contributed by atoms with Gasteiger partial charge < -0.3 is 10.1 Å². The normalized spacial score (nSPS) is 26.1. The van der Waals surface area contributed by atoms with Gasteiger partial charge in [0.05, 0.1) is 0 Å². The van der Waals surface area contributed by atoms with E-state index in [-0.39, 0.29) is 0 Å². The third kappa shape index (κ3) is 3.46. The molecular formula is C14H27NO. The second kappa shape index (κ2) is 6.61. The quantitative estimate of drug-likeness (QED) is 0.776. The van der Waals surface area contributed by atoms with E-state index in [2.05, 4.69) is 12.4 Å². The molecule has 1 unspecified atom stereocenters. The van der Waals surface area contributed by atoms with Gasteiger partial charge in [0.2, 0.25) is 0 Å². The maximum absolute atomic E-state index is 5.44. The van der Waals surface area contributed by atoms with Crippen LogP contribution in [0.3, 0.4) is 0 Å². The van der Waals surface area contributed by atoms with E-state index in [0.29, 0.717) is 0 Å². The maximum atomic E-state index is 5.44. The standard InChI is InChI=1S/C14H27NO/c1-15-14(13-8-10-16-11-9-13)7-6-12-4-2-3-5-12/h12-15H,2-11H2,1H3. The first-order valence-corrected chi connectivity index (χ1v) is 7.15. The van der Waals surface area contributed by atoms with Crippen molar-refractivity contribution >= 4 is 0 Å². The average Bonchev–Trinajstić information content (AvgIpc) is 2.84.